The predicted molar refractivity (Wildman–Crippen MR) is 84.7 cm³/mol. The molecule has 0 saturated carbocycles. The molecule has 1 aromatic carbocycles. The molecule has 0 unspecified atom stereocenters. The first-order valence-corrected chi connectivity index (χ1v) is 8.15. The van der Waals surface area contributed by atoms with E-state index in [0.29, 0.717) is 5.88 Å². The molecule has 0 aliphatic rings. The third kappa shape index (κ3) is 2.58. The molecule has 3 rings (SSSR count). The minimum atomic E-state index is 0.596. The van der Waals surface area contributed by atoms with E-state index in [1.165, 1.54) is 11.1 Å². The molecule has 0 N–H and O–H groups in total. The van der Waals surface area contributed by atoms with Crippen molar-refractivity contribution in [3.63, 3.8) is 0 Å². The highest BCUT2D eigenvalue weighted by Gasteiger charge is 2.12. The summed E-state index contributed by atoms with van der Waals surface area (Å²) in [6.07, 6.45) is 1.73. The Morgan fingerprint density at radius 2 is 2.20 bits per heavy atom. The zero-order valence-corrected chi connectivity index (χ0v) is 12.9. The van der Waals surface area contributed by atoms with Gasteiger partial charge in [0.25, 0.3) is 0 Å². The molecule has 104 valence electrons. The minimum absolute atomic E-state index is 0.596. The van der Waals surface area contributed by atoms with Crippen LogP contribution in [-0.2, 0) is 19.4 Å². The quantitative estimate of drug-likeness (QED) is 0.671. The second-order valence-electron chi connectivity index (χ2n) is 4.79. The van der Waals surface area contributed by atoms with Gasteiger partial charge in [-0.3, -0.25) is 0 Å². The Kier molecular flexibility index (Phi) is 4.03. The summed E-state index contributed by atoms with van der Waals surface area (Å²) < 4.78 is 2.30. The normalized spacial score (nSPS) is 11.3. The average Bonchev–Trinajstić information content (AvgIpc) is 3.05. The third-order valence-corrected chi connectivity index (χ3v) is 4.26. The molecule has 3 aromatic rings. The Labute approximate surface area is 127 Å². The maximum absolute atomic E-state index is 5.91. The molecular weight excluding hydrogens is 290 g/mol. The van der Waals surface area contributed by atoms with Crippen LogP contribution >= 0.6 is 22.9 Å². The number of rotatable bonds is 5. The SMILES string of the molecule is Cc1cccc2nc(CCCl)n(CCc3cscn3)c12. The summed E-state index contributed by atoms with van der Waals surface area (Å²) in [6.45, 7) is 3.03. The van der Waals surface area contributed by atoms with Gasteiger partial charge in [-0.1, -0.05) is 12.1 Å². The van der Waals surface area contributed by atoms with Crippen molar-refractivity contribution in [3.8, 4) is 0 Å². The number of hydrogen-bond acceptors (Lipinski definition) is 3. The van der Waals surface area contributed by atoms with E-state index in [2.05, 4.69) is 40.1 Å². The van der Waals surface area contributed by atoms with Gasteiger partial charge in [0.15, 0.2) is 0 Å². The van der Waals surface area contributed by atoms with Crippen LogP contribution in [0.5, 0.6) is 0 Å². The highest BCUT2D eigenvalue weighted by Crippen LogP contribution is 2.21. The van der Waals surface area contributed by atoms with Gasteiger partial charge in [0, 0.05) is 30.6 Å². The van der Waals surface area contributed by atoms with Gasteiger partial charge in [0.05, 0.1) is 22.2 Å². The fourth-order valence-corrected chi connectivity index (χ4v) is 3.28. The number of halogens is 1. The van der Waals surface area contributed by atoms with Crippen LogP contribution in [0.1, 0.15) is 17.1 Å². The molecular formula is C15H16ClN3S. The molecule has 0 bridgehead atoms. The van der Waals surface area contributed by atoms with Gasteiger partial charge >= 0.3 is 0 Å². The molecule has 2 aromatic heterocycles. The first kappa shape index (κ1) is 13.6. The number of para-hydroxylation sites is 1. The monoisotopic (exact) mass is 305 g/mol. The van der Waals surface area contributed by atoms with E-state index in [-0.39, 0.29) is 0 Å². The molecule has 0 amide bonds. The third-order valence-electron chi connectivity index (χ3n) is 3.44. The Morgan fingerprint density at radius 3 is 2.95 bits per heavy atom. The molecule has 2 heterocycles. The van der Waals surface area contributed by atoms with E-state index in [4.69, 9.17) is 16.6 Å². The van der Waals surface area contributed by atoms with Crippen LogP contribution in [0.15, 0.2) is 29.1 Å². The molecule has 0 spiro atoms. The van der Waals surface area contributed by atoms with Gasteiger partial charge in [-0.2, -0.15) is 0 Å². The van der Waals surface area contributed by atoms with Crippen LogP contribution in [0.2, 0.25) is 0 Å². The predicted octanol–water partition coefficient (Wildman–Crippen LogP) is 3.83. The number of benzene rings is 1. The summed E-state index contributed by atoms with van der Waals surface area (Å²) in [5.74, 6) is 1.67. The molecule has 0 saturated heterocycles. The Balaban J connectivity index is 1.99. The van der Waals surface area contributed by atoms with Crippen LogP contribution in [0.3, 0.4) is 0 Å². The van der Waals surface area contributed by atoms with E-state index in [0.717, 1.165) is 36.4 Å². The van der Waals surface area contributed by atoms with Gasteiger partial charge in [-0.15, -0.1) is 22.9 Å². The van der Waals surface area contributed by atoms with Crippen molar-refractivity contribution in [1.82, 2.24) is 14.5 Å². The summed E-state index contributed by atoms with van der Waals surface area (Å²) in [6, 6.07) is 6.26. The van der Waals surface area contributed by atoms with Crippen molar-refractivity contribution in [2.24, 2.45) is 0 Å². The van der Waals surface area contributed by atoms with Gasteiger partial charge in [0.1, 0.15) is 5.82 Å². The number of aryl methyl sites for hydroxylation is 4. The summed E-state index contributed by atoms with van der Waals surface area (Å²) in [5, 5.41) is 2.10. The maximum Gasteiger partial charge on any atom is 0.111 e. The fourth-order valence-electron chi connectivity index (χ4n) is 2.52. The second-order valence-corrected chi connectivity index (χ2v) is 5.89. The van der Waals surface area contributed by atoms with Gasteiger partial charge < -0.3 is 4.57 Å². The maximum atomic E-state index is 5.91. The highest BCUT2D eigenvalue weighted by atomic mass is 35.5. The number of hydrogen-bond donors (Lipinski definition) is 0. The molecule has 0 atom stereocenters. The molecule has 0 aliphatic heterocycles. The molecule has 0 fully saturated rings. The smallest absolute Gasteiger partial charge is 0.111 e. The molecule has 20 heavy (non-hydrogen) atoms. The molecule has 0 radical (unpaired) electrons. The van der Waals surface area contributed by atoms with Crippen molar-refractivity contribution < 1.29 is 0 Å². The van der Waals surface area contributed by atoms with E-state index >= 15 is 0 Å². The Hall–Kier alpha value is -1.39. The largest absolute Gasteiger partial charge is 0.327 e. The van der Waals surface area contributed by atoms with Crippen LogP contribution in [0, 0.1) is 6.92 Å². The van der Waals surface area contributed by atoms with Crippen molar-refractivity contribution in [1.29, 1.82) is 0 Å². The lowest BCUT2D eigenvalue weighted by Crippen LogP contribution is -2.07. The zero-order valence-electron chi connectivity index (χ0n) is 11.3. The van der Waals surface area contributed by atoms with Crippen LogP contribution in [0.4, 0.5) is 0 Å². The number of thiazole rings is 1. The lowest BCUT2D eigenvalue weighted by Gasteiger charge is -2.09. The van der Waals surface area contributed by atoms with Gasteiger partial charge in [-0.25, -0.2) is 9.97 Å². The summed E-state index contributed by atoms with van der Waals surface area (Å²) in [7, 11) is 0. The van der Waals surface area contributed by atoms with Crippen molar-refractivity contribution >= 4 is 34.0 Å². The number of fused-ring (bicyclic) bond motifs is 1. The van der Waals surface area contributed by atoms with E-state index < -0.39 is 0 Å². The first-order valence-electron chi connectivity index (χ1n) is 6.67. The van der Waals surface area contributed by atoms with Crippen molar-refractivity contribution in [2.45, 2.75) is 26.3 Å². The minimum Gasteiger partial charge on any atom is -0.327 e. The van der Waals surface area contributed by atoms with Gasteiger partial charge in [-0.05, 0) is 18.6 Å². The van der Waals surface area contributed by atoms with Crippen molar-refractivity contribution in [2.75, 3.05) is 5.88 Å². The highest BCUT2D eigenvalue weighted by molar-refractivity contribution is 7.07. The molecule has 5 heteroatoms. The fraction of sp³-hybridized carbons (Fsp3) is 0.333. The number of imidazole rings is 1. The number of alkyl halides is 1. The number of nitrogens with zero attached hydrogens (tertiary/aromatic N) is 3. The topological polar surface area (TPSA) is 30.7 Å². The van der Waals surface area contributed by atoms with Gasteiger partial charge in [0.2, 0.25) is 0 Å². The van der Waals surface area contributed by atoms with E-state index in [9.17, 15) is 0 Å². The van der Waals surface area contributed by atoms with Crippen LogP contribution < -0.4 is 0 Å². The lowest BCUT2D eigenvalue weighted by atomic mass is 10.2. The van der Waals surface area contributed by atoms with E-state index in [1.807, 2.05) is 5.51 Å². The first-order chi connectivity index (χ1) is 9.79. The number of aromatic nitrogens is 3. The van der Waals surface area contributed by atoms with E-state index in [1.54, 1.807) is 11.3 Å². The molecule has 0 aliphatic carbocycles. The Morgan fingerprint density at radius 1 is 1.30 bits per heavy atom. The lowest BCUT2D eigenvalue weighted by molar-refractivity contribution is 0.667. The standard InChI is InChI=1S/C15H16ClN3S/c1-11-3-2-4-13-15(11)19(14(18-13)5-7-16)8-6-12-9-20-10-17-12/h2-4,9-10H,5-8H2,1H3. The van der Waals surface area contributed by atoms with Crippen molar-refractivity contribution in [3.05, 3.63) is 46.2 Å². The van der Waals surface area contributed by atoms with Crippen LogP contribution in [-0.4, -0.2) is 20.4 Å². The summed E-state index contributed by atoms with van der Waals surface area (Å²) in [4.78, 5) is 9.08. The zero-order chi connectivity index (χ0) is 13.9. The summed E-state index contributed by atoms with van der Waals surface area (Å²) in [5.41, 5.74) is 6.56. The average molecular weight is 306 g/mol. The molecule has 3 nitrogen and oxygen atoms in total. The summed E-state index contributed by atoms with van der Waals surface area (Å²) >= 11 is 7.55. The Bertz CT molecular complexity index is 703. The van der Waals surface area contributed by atoms with Crippen LogP contribution in [0.25, 0.3) is 11.0 Å². The second kappa shape index (κ2) is 5.94.